The third-order valence-corrected chi connectivity index (χ3v) is 3.02. The number of aryl methyl sites for hydroxylation is 1. The molecule has 0 aliphatic rings. The first kappa shape index (κ1) is 13.1. The van der Waals surface area contributed by atoms with Crippen LogP contribution in [0.5, 0.6) is 0 Å². The Morgan fingerprint density at radius 3 is 2.74 bits per heavy atom. The van der Waals surface area contributed by atoms with Gasteiger partial charge in [0.2, 0.25) is 5.91 Å². The summed E-state index contributed by atoms with van der Waals surface area (Å²) in [6.07, 6.45) is 5.11. The SMILES string of the molecule is Cc1c(CNC(=O)/C=C/c2ccccc2)cnn1C. The van der Waals surface area contributed by atoms with E-state index < -0.39 is 0 Å². The Morgan fingerprint density at radius 1 is 1.37 bits per heavy atom. The molecule has 0 aliphatic heterocycles. The van der Waals surface area contributed by atoms with Crippen LogP contribution in [0, 0.1) is 6.92 Å². The molecule has 4 heteroatoms. The van der Waals surface area contributed by atoms with Crippen molar-refractivity contribution in [2.24, 2.45) is 7.05 Å². The van der Waals surface area contributed by atoms with E-state index in [1.54, 1.807) is 23.0 Å². The van der Waals surface area contributed by atoms with E-state index in [2.05, 4.69) is 10.4 Å². The second-order valence-electron chi connectivity index (χ2n) is 4.34. The summed E-state index contributed by atoms with van der Waals surface area (Å²) < 4.78 is 1.79. The number of hydrogen-bond acceptors (Lipinski definition) is 2. The van der Waals surface area contributed by atoms with Crippen LogP contribution in [0.2, 0.25) is 0 Å². The molecule has 2 rings (SSSR count). The maximum Gasteiger partial charge on any atom is 0.244 e. The molecule has 0 aliphatic carbocycles. The Bertz CT molecular complexity index is 585. The molecule has 0 atom stereocenters. The molecule has 0 radical (unpaired) electrons. The third kappa shape index (κ3) is 3.55. The standard InChI is InChI=1S/C15H17N3O/c1-12-14(11-17-18(12)2)10-16-15(19)9-8-13-6-4-3-5-7-13/h3-9,11H,10H2,1-2H3,(H,16,19)/b9-8+. The van der Waals surface area contributed by atoms with Gasteiger partial charge < -0.3 is 5.32 Å². The van der Waals surface area contributed by atoms with E-state index in [1.165, 1.54) is 0 Å². The number of nitrogens with zero attached hydrogens (tertiary/aromatic N) is 2. The zero-order valence-electron chi connectivity index (χ0n) is 11.1. The van der Waals surface area contributed by atoms with Gasteiger partial charge in [-0.2, -0.15) is 5.10 Å². The van der Waals surface area contributed by atoms with Crippen molar-refractivity contribution in [2.45, 2.75) is 13.5 Å². The third-order valence-electron chi connectivity index (χ3n) is 3.02. The number of amides is 1. The Kier molecular flexibility index (Phi) is 4.13. The second kappa shape index (κ2) is 6.00. The van der Waals surface area contributed by atoms with Crippen molar-refractivity contribution < 1.29 is 4.79 Å². The van der Waals surface area contributed by atoms with Crippen LogP contribution in [0.1, 0.15) is 16.8 Å². The summed E-state index contributed by atoms with van der Waals surface area (Å²) >= 11 is 0. The molecule has 0 bridgehead atoms. The average Bonchev–Trinajstić information content (AvgIpc) is 2.75. The van der Waals surface area contributed by atoms with Gasteiger partial charge in [-0.15, -0.1) is 0 Å². The minimum Gasteiger partial charge on any atom is -0.348 e. The molecule has 4 nitrogen and oxygen atoms in total. The smallest absolute Gasteiger partial charge is 0.244 e. The summed E-state index contributed by atoms with van der Waals surface area (Å²) in [5.74, 6) is -0.105. The first-order chi connectivity index (χ1) is 9.16. The molecular weight excluding hydrogens is 238 g/mol. The Balaban J connectivity index is 1.89. The molecule has 0 saturated carbocycles. The highest BCUT2D eigenvalue weighted by Crippen LogP contribution is 2.05. The van der Waals surface area contributed by atoms with Crippen LogP contribution in [0.4, 0.5) is 0 Å². The molecule has 1 aromatic heterocycles. The normalized spacial score (nSPS) is 10.8. The van der Waals surface area contributed by atoms with E-state index in [9.17, 15) is 4.79 Å². The van der Waals surface area contributed by atoms with Crippen LogP contribution in [-0.4, -0.2) is 15.7 Å². The zero-order valence-corrected chi connectivity index (χ0v) is 11.1. The highest BCUT2D eigenvalue weighted by atomic mass is 16.1. The number of hydrogen-bond donors (Lipinski definition) is 1. The summed E-state index contributed by atoms with van der Waals surface area (Å²) in [5, 5.41) is 6.98. The van der Waals surface area contributed by atoms with Crippen LogP contribution in [0.3, 0.4) is 0 Å². The van der Waals surface area contributed by atoms with Crippen LogP contribution >= 0.6 is 0 Å². The molecule has 1 aromatic carbocycles. The fourth-order valence-electron chi connectivity index (χ4n) is 1.70. The molecule has 19 heavy (non-hydrogen) atoms. The van der Waals surface area contributed by atoms with Gasteiger partial charge in [0.25, 0.3) is 0 Å². The van der Waals surface area contributed by atoms with Crippen LogP contribution in [-0.2, 0) is 18.4 Å². The lowest BCUT2D eigenvalue weighted by molar-refractivity contribution is -0.116. The van der Waals surface area contributed by atoms with E-state index in [0.29, 0.717) is 6.54 Å². The van der Waals surface area contributed by atoms with Crippen molar-refractivity contribution in [3.63, 3.8) is 0 Å². The van der Waals surface area contributed by atoms with Crippen molar-refractivity contribution >= 4 is 12.0 Å². The van der Waals surface area contributed by atoms with Gasteiger partial charge in [0.15, 0.2) is 0 Å². The molecule has 1 amide bonds. The van der Waals surface area contributed by atoms with Crippen LogP contribution in [0.25, 0.3) is 6.08 Å². The van der Waals surface area contributed by atoms with Crippen molar-refractivity contribution in [1.29, 1.82) is 0 Å². The number of carbonyl (C=O) groups is 1. The van der Waals surface area contributed by atoms with Crippen LogP contribution in [0.15, 0.2) is 42.6 Å². The molecule has 0 unspecified atom stereocenters. The molecule has 2 aromatic rings. The second-order valence-corrected chi connectivity index (χ2v) is 4.34. The fraction of sp³-hybridized carbons (Fsp3) is 0.200. The summed E-state index contributed by atoms with van der Waals surface area (Å²) in [7, 11) is 1.88. The first-order valence-corrected chi connectivity index (χ1v) is 6.15. The monoisotopic (exact) mass is 255 g/mol. The van der Waals surface area contributed by atoms with E-state index in [4.69, 9.17) is 0 Å². The van der Waals surface area contributed by atoms with Gasteiger partial charge in [0.05, 0.1) is 6.20 Å². The highest BCUT2D eigenvalue weighted by molar-refractivity contribution is 5.91. The van der Waals surface area contributed by atoms with E-state index in [1.807, 2.05) is 44.3 Å². The molecule has 1 N–H and O–H groups in total. The maximum absolute atomic E-state index is 11.7. The summed E-state index contributed by atoms with van der Waals surface area (Å²) in [6, 6.07) is 9.74. The van der Waals surface area contributed by atoms with E-state index >= 15 is 0 Å². The lowest BCUT2D eigenvalue weighted by Crippen LogP contribution is -2.20. The molecule has 1 heterocycles. The quantitative estimate of drug-likeness (QED) is 0.850. The summed E-state index contributed by atoms with van der Waals surface area (Å²) in [5.41, 5.74) is 3.10. The zero-order chi connectivity index (χ0) is 13.7. The molecule has 0 saturated heterocycles. The summed E-state index contributed by atoms with van der Waals surface area (Å²) in [6.45, 7) is 2.48. The van der Waals surface area contributed by atoms with Gasteiger partial charge in [-0.1, -0.05) is 30.3 Å². The average molecular weight is 255 g/mol. The van der Waals surface area contributed by atoms with Gasteiger partial charge in [-0.3, -0.25) is 9.48 Å². The van der Waals surface area contributed by atoms with E-state index in [-0.39, 0.29) is 5.91 Å². The minimum absolute atomic E-state index is 0.105. The van der Waals surface area contributed by atoms with Crippen molar-refractivity contribution in [2.75, 3.05) is 0 Å². The van der Waals surface area contributed by atoms with Gasteiger partial charge in [0.1, 0.15) is 0 Å². The molecular formula is C15H17N3O. The first-order valence-electron chi connectivity index (χ1n) is 6.15. The number of aromatic nitrogens is 2. The number of nitrogens with one attached hydrogen (secondary N) is 1. The van der Waals surface area contributed by atoms with Gasteiger partial charge in [-0.25, -0.2) is 0 Å². The lowest BCUT2D eigenvalue weighted by Gasteiger charge is -2.01. The van der Waals surface area contributed by atoms with E-state index in [0.717, 1.165) is 16.8 Å². The Hall–Kier alpha value is -2.36. The lowest BCUT2D eigenvalue weighted by atomic mass is 10.2. The largest absolute Gasteiger partial charge is 0.348 e. The number of benzene rings is 1. The topological polar surface area (TPSA) is 46.9 Å². The predicted octanol–water partition coefficient (Wildman–Crippen LogP) is 2.06. The van der Waals surface area contributed by atoms with Crippen LogP contribution < -0.4 is 5.32 Å². The Labute approximate surface area is 112 Å². The van der Waals surface area contributed by atoms with Gasteiger partial charge in [0, 0.05) is 30.9 Å². The van der Waals surface area contributed by atoms with Crippen molar-refractivity contribution in [3.8, 4) is 0 Å². The molecule has 98 valence electrons. The summed E-state index contributed by atoms with van der Waals surface area (Å²) in [4.78, 5) is 11.7. The fourth-order valence-corrected chi connectivity index (χ4v) is 1.70. The minimum atomic E-state index is -0.105. The number of carbonyl (C=O) groups excluding carboxylic acids is 1. The highest BCUT2D eigenvalue weighted by Gasteiger charge is 2.04. The Morgan fingerprint density at radius 2 is 2.11 bits per heavy atom. The van der Waals surface area contributed by atoms with Crippen molar-refractivity contribution in [3.05, 3.63) is 59.4 Å². The van der Waals surface area contributed by atoms with Crippen molar-refractivity contribution in [1.82, 2.24) is 15.1 Å². The predicted molar refractivity (Wildman–Crippen MR) is 75.3 cm³/mol. The molecule has 0 fully saturated rings. The van der Waals surface area contributed by atoms with Gasteiger partial charge in [-0.05, 0) is 18.6 Å². The van der Waals surface area contributed by atoms with Gasteiger partial charge >= 0.3 is 0 Å². The number of rotatable bonds is 4. The maximum atomic E-state index is 11.7. The molecule has 0 spiro atoms.